The van der Waals surface area contributed by atoms with E-state index in [0.717, 1.165) is 23.3 Å². The van der Waals surface area contributed by atoms with Crippen molar-refractivity contribution in [2.75, 3.05) is 0 Å². The Balaban J connectivity index is 1.44. The van der Waals surface area contributed by atoms with Crippen LogP contribution < -0.4 is 4.74 Å². The molecule has 6 nitrogen and oxygen atoms in total. The van der Waals surface area contributed by atoms with Gasteiger partial charge in [-0.15, -0.1) is 0 Å². The number of rotatable bonds is 8. The molecular formula is C29H24F3N3O3. The zero-order chi connectivity index (χ0) is 27.0. The van der Waals surface area contributed by atoms with Crippen molar-refractivity contribution >= 4 is 16.9 Å². The van der Waals surface area contributed by atoms with Gasteiger partial charge in [0.15, 0.2) is 17.4 Å². The van der Waals surface area contributed by atoms with Gasteiger partial charge in [0.2, 0.25) is 0 Å². The van der Waals surface area contributed by atoms with E-state index in [4.69, 9.17) is 9.84 Å². The predicted octanol–water partition coefficient (Wildman–Crippen LogP) is 7.11. The van der Waals surface area contributed by atoms with Crippen molar-refractivity contribution in [2.24, 2.45) is 0 Å². The van der Waals surface area contributed by atoms with Crippen molar-refractivity contribution in [1.82, 2.24) is 15.0 Å². The Morgan fingerprint density at radius 2 is 1.87 bits per heavy atom. The highest BCUT2D eigenvalue weighted by Crippen LogP contribution is 2.36. The zero-order valence-corrected chi connectivity index (χ0v) is 20.6. The van der Waals surface area contributed by atoms with Crippen molar-refractivity contribution in [1.29, 1.82) is 0 Å². The second kappa shape index (κ2) is 9.74. The van der Waals surface area contributed by atoms with Gasteiger partial charge in [-0.25, -0.2) is 18.2 Å². The van der Waals surface area contributed by atoms with Gasteiger partial charge in [-0.3, -0.25) is 4.79 Å². The number of aryl methyl sites for hydroxylation is 1. The molecule has 0 saturated carbocycles. The molecule has 38 heavy (non-hydrogen) atoms. The highest BCUT2D eigenvalue weighted by molar-refractivity contribution is 5.82. The van der Waals surface area contributed by atoms with E-state index >= 15 is 0 Å². The molecule has 0 aliphatic heterocycles. The quantitative estimate of drug-likeness (QED) is 0.204. The number of carboxylic acids is 1. The first-order valence-electron chi connectivity index (χ1n) is 11.9. The molecule has 194 valence electrons. The van der Waals surface area contributed by atoms with Crippen LogP contribution in [0.3, 0.4) is 0 Å². The lowest BCUT2D eigenvalue weighted by Gasteiger charge is -2.24. The summed E-state index contributed by atoms with van der Waals surface area (Å²) in [5, 5.41) is 9.16. The summed E-state index contributed by atoms with van der Waals surface area (Å²) >= 11 is 0. The Morgan fingerprint density at radius 1 is 1.05 bits per heavy atom. The molecule has 0 bridgehead atoms. The third-order valence-corrected chi connectivity index (χ3v) is 6.64. The van der Waals surface area contributed by atoms with Crippen LogP contribution in [0.4, 0.5) is 13.2 Å². The zero-order valence-electron chi connectivity index (χ0n) is 20.6. The summed E-state index contributed by atoms with van der Waals surface area (Å²) in [6, 6.07) is 14.0. The molecule has 9 heteroatoms. The smallest absolute Gasteiger partial charge is 0.303 e. The molecule has 0 radical (unpaired) electrons. The van der Waals surface area contributed by atoms with E-state index < -0.39 is 34.6 Å². The third-order valence-electron chi connectivity index (χ3n) is 6.64. The van der Waals surface area contributed by atoms with E-state index in [0.29, 0.717) is 17.6 Å². The first-order chi connectivity index (χ1) is 18.1. The number of carbonyl (C=O) groups is 1. The maximum absolute atomic E-state index is 14.9. The van der Waals surface area contributed by atoms with Crippen LogP contribution in [0, 0.1) is 17.5 Å². The summed E-state index contributed by atoms with van der Waals surface area (Å²) in [5.74, 6) is -3.53. The van der Waals surface area contributed by atoms with Gasteiger partial charge in [-0.2, -0.15) is 0 Å². The molecule has 0 saturated heterocycles. The number of ether oxygens (including phenoxy) is 1. The fourth-order valence-electron chi connectivity index (χ4n) is 4.37. The maximum atomic E-state index is 14.9. The molecule has 2 heterocycles. The number of H-pyrrole nitrogens is 2. The average Bonchev–Trinajstić information content (AvgIpc) is 3.57. The number of imidazole rings is 1. The molecule has 0 amide bonds. The first-order valence-corrected chi connectivity index (χ1v) is 11.9. The summed E-state index contributed by atoms with van der Waals surface area (Å²) < 4.78 is 49.8. The van der Waals surface area contributed by atoms with Crippen molar-refractivity contribution in [3.8, 4) is 22.9 Å². The van der Waals surface area contributed by atoms with Crippen LogP contribution in [0.1, 0.15) is 37.1 Å². The van der Waals surface area contributed by atoms with Gasteiger partial charge in [-0.05, 0) is 41.8 Å². The van der Waals surface area contributed by atoms with Gasteiger partial charge in [0.05, 0.1) is 11.1 Å². The molecule has 0 aliphatic rings. The summed E-state index contributed by atoms with van der Waals surface area (Å²) in [5.41, 5.74) is 2.33. The number of hydrogen-bond acceptors (Lipinski definition) is 3. The molecule has 0 aliphatic carbocycles. The number of nitrogens with one attached hydrogen (secondary N) is 2. The lowest BCUT2D eigenvalue weighted by atomic mass is 9.81. The number of halogens is 3. The third kappa shape index (κ3) is 4.74. The highest BCUT2D eigenvalue weighted by Gasteiger charge is 2.27. The number of aromatic nitrogens is 3. The number of nitrogens with zero attached hydrogens (tertiary/aromatic N) is 1. The Bertz CT molecular complexity index is 1660. The largest absolute Gasteiger partial charge is 0.481 e. The second-order valence-electron chi connectivity index (χ2n) is 9.55. The van der Waals surface area contributed by atoms with Crippen molar-refractivity contribution < 1.29 is 27.8 Å². The SMILES string of the molecule is CC(C)(c1cccc(CCC(=O)O)c1)c1cnc(-c2cc(Oc3c(F)cc4[nH]ccc4c3F)ccc2F)[nH]1. The van der Waals surface area contributed by atoms with Crippen LogP contribution in [0.15, 0.2) is 67.0 Å². The van der Waals surface area contributed by atoms with Crippen LogP contribution in [0.2, 0.25) is 0 Å². The van der Waals surface area contributed by atoms with E-state index in [9.17, 15) is 18.0 Å². The van der Waals surface area contributed by atoms with E-state index in [1.54, 1.807) is 6.20 Å². The lowest BCUT2D eigenvalue weighted by molar-refractivity contribution is -0.136. The van der Waals surface area contributed by atoms with Crippen molar-refractivity contribution in [2.45, 2.75) is 32.1 Å². The summed E-state index contributed by atoms with van der Waals surface area (Å²) in [6.45, 7) is 3.94. The molecule has 0 unspecified atom stereocenters. The Kier molecular flexibility index (Phi) is 6.44. The summed E-state index contributed by atoms with van der Waals surface area (Å²) in [6.07, 6.45) is 3.53. The maximum Gasteiger partial charge on any atom is 0.303 e. The monoisotopic (exact) mass is 519 g/mol. The van der Waals surface area contributed by atoms with Crippen LogP contribution in [0.25, 0.3) is 22.3 Å². The van der Waals surface area contributed by atoms with Gasteiger partial charge < -0.3 is 19.8 Å². The number of benzene rings is 3. The first kappa shape index (κ1) is 25.1. The standard InChI is InChI=1S/C29H24F3N3O3/c1-29(2,17-5-3-4-16(12-17)6-9-25(36)37)24-15-34-28(35-24)20-13-18(7-8-21(20)30)38-27-22(31)14-23-19(26(27)32)10-11-33-23/h3-5,7-8,10-15,33H,6,9H2,1-2H3,(H,34,35)(H,36,37). The van der Waals surface area contributed by atoms with Gasteiger partial charge in [0, 0.05) is 41.4 Å². The minimum atomic E-state index is -0.893. The fraction of sp³-hybridized carbons (Fsp3) is 0.172. The minimum absolute atomic E-state index is 0.0304. The topological polar surface area (TPSA) is 91.0 Å². The molecule has 0 atom stereocenters. The molecule has 3 N–H and O–H groups in total. The number of aromatic amines is 2. The summed E-state index contributed by atoms with van der Waals surface area (Å²) in [4.78, 5) is 21.2. The van der Waals surface area contributed by atoms with Crippen LogP contribution in [0.5, 0.6) is 11.5 Å². The van der Waals surface area contributed by atoms with E-state index in [1.807, 2.05) is 38.1 Å². The molecule has 0 spiro atoms. The van der Waals surface area contributed by atoms with Crippen LogP contribution >= 0.6 is 0 Å². The molecule has 0 fully saturated rings. The van der Waals surface area contributed by atoms with Gasteiger partial charge >= 0.3 is 5.97 Å². The normalized spacial score (nSPS) is 11.7. The molecule has 3 aromatic carbocycles. The lowest BCUT2D eigenvalue weighted by Crippen LogP contribution is -2.19. The van der Waals surface area contributed by atoms with E-state index in [2.05, 4.69) is 15.0 Å². The predicted molar refractivity (Wildman–Crippen MR) is 137 cm³/mol. The summed E-state index contributed by atoms with van der Waals surface area (Å²) in [7, 11) is 0. The second-order valence-corrected chi connectivity index (χ2v) is 9.55. The van der Waals surface area contributed by atoms with Gasteiger partial charge in [0.25, 0.3) is 0 Å². The van der Waals surface area contributed by atoms with Crippen LogP contribution in [-0.2, 0) is 16.6 Å². The Morgan fingerprint density at radius 3 is 2.66 bits per heavy atom. The van der Waals surface area contributed by atoms with Gasteiger partial charge in [-0.1, -0.05) is 38.1 Å². The van der Waals surface area contributed by atoms with Crippen molar-refractivity contribution in [3.63, 3.8) is 0 Å². The molecular weight excluding hydrogens is 495 g/mol. The number of fused-ring (bicyclic) bond motifs is 1. The highest BCUT2D eigenvalue weighted by atomic mass is 19.1. The molecule has 5 rings (SSSR count). The number of carboxylic acid groups (broad SMARTS) is 1. The Labute approximate surface area is 216 Å². The van der Waals surface area contributed by atoms with Crippen LogP contribution in [-0.4, -0.2) is 26.0 Å². The number of hydrogen-bond donors (Lipinski definition) is 3. The van der Waals surface area contributed by atoms with Gasteiger partial charge in [0.1, 0.15) is 17.4 Å². The number of aliphatic carboxylic acids is 1. The van der Waals surface area contributed by atoms with Crippen molar-refractivity contribution in [3.05, 3.63) is 101 Å². The van der Waals surface area contributed by atoms with E-state index in [-0.39, 0.29) is 28.9 Å². The average molecular weight is 520 g/mol. The minimum Gasteiger partial charge on any atom is -0.481 e. The van der Waals surface area contributed by atoms with E-state index in [1.165, 1.54) is 24.4 Å². The fourth-order valence-corrected chi connectivity index (χ4v) is 4.37. The molecule has 5 aromatic rings. The molecule has 2 aromatic heterocycles. The Hall–Kier alpha value is -4.53.